The van der Waals surface area contributed by atoms with E-state index in [1.165, 1.54) is 21.1 Å². The molecule has 2 aromatic carbocycles. The molecule has 1 aliphatic heterocycles. The predicted octanol–water partition coefficient (Wildman–Crippen LogP) is 2.96. The molecular formula is C21H21BrN4O5S. The third-order valence-electron chi connectivity index (χ3n) is 4.77. The maximum Gasteiger partial charge on any atom is 0.276 e. The number of aromatic nitrogens is 2. The van der Waals surface area contributed by atoms with Crippen molar-refractivity contribution in [3.8, 4) is 5.75 Å². The Balaban J connectivity index is 1.35. The number of amides is 1. The Morgan fingerprint density at radius 2 is 1.75 bits per heavy atom. The largest absolute Gasteiger partial charge is 0.471 e. The van der Waals surface area contributed by atoms with Gasteiger partial charge in [0, 0.05) is 29.4 Å². The number of hydrogen-bond donors (Lipinski definition) is 1. The van der Waals surface area contributed by atoms with Gasteiger partial charge >= 0.3 is 0 Å². The third-order valence-corrected chi connectivity index (χ3v) is 7.21. The number of nitrogens with zero attached hydrogens (tertiary/aromatic N) is 3. The molecule has 0 atom stereocenters. The van der Waals surface area contributed by atoms with Gasteiger partial charge < -0.3 is 14.8 Å². The fourth-order valence-electron chi connectivity index (χ4n) is 3.07. The molecule has 9 nitrogen and oxygen atoms in total. The van der Waals surface area contributed by atoms with Crippen molar-refractivity contribution in [2.45, 2.75) is 11.6 Å². The number of halogens is 1. The van der Waals surface area contributed by atoms with Crippen molar-refractivity contribution >= 4 is 37.5 Å². The first kappa shape index (κ1) is 22.5. The van der Waals surface area contributed by atoms with Crippen LogP contribution in [0.25, 0.3) is 0 Å². The monoisotopic (exact) mass is 520 g/mol. The van der Waals surface area contributed by atoms with Crippen LogP contribution in [0, 0.1) is 0 Å². The molecule has 1 aromatic heterocycles. The third kappa shape index (κ3) is 5.36. The highest BCUT2D eigenvalue weighted by molar-refractivity contribution is 9.10. The maximum absolute atomic E-state index is 12.7. The number of carbonyl (C=O) groups excluding carboxylic acids is 1. The zero-order chi connectivity index (χ0) is 22.6. The minimum Gasteiger partial charge on any atom is -0.471 e. The lowest BCUT2D eigenvalue weighted by Crippen LogP contribution is -2.40. The van der Waals surface area contributed by atoms with Crippen molar-refractivity contribution < 1.29 is 22.7 Å². The number of hydrogen-bond acceptors (Lipinski definition) is 6. The molecule has 4 rings (SSSR count). The Kier molecular flexibility index (Phi) is 6.89. The lowest BCUT2D eigenvalue weighted by molar-refractivity contribution is 0.0730. The molecule has 0 unspecified atom stereocenters. The predicted molar refractivity (Wildman–Crippen MR) is 121 cm³/mol. The molecule has 0 spiro atoms. The van der Waals surface area contributed by atoms with Gasteiger partial charge in [0.25, 0.3) is 5.91 Å². The Morgan fingerprint density at radius 1 is 1.06 bits per heavy atom. The van der Waals surface area contributed by atoms with E-state index >= 15 is 0 Å². The second kappa shape index (κ2) is 9.82. The van der Waals surface area contributed by atoms with Gasteiger partial charge in [-0.25, -0.2) is 13.1 Å². The standard InChI is InChI=1S/C21H21BrN4O5S/c22-16-1-5-18(6-2-16)31-15-25-10-9-20(24-25)21(27)23-17-3-7-19(8-4-17)32(28,29)26-11-13-30-14-12-26/h1-10H,11-15H2,(H,23,27). The summed E-state index contributed by atoms with van der Waals surface area (Å²) >= 11 is 3.37. The van der Waals surface area contributed by atoms with E-state index in [4.69, 9.17) is 9.47 Å². The molecule has 3 aromatic rings. The lowest BCUT2D eigenvalue weighted by Gasteiger charge is -2.26. The molecule has 1 aliphatic rings. The van der Waals surface area contributed by atoms with Crippen LogP contribution in [0.3, 0.4) is 0 Å². The smallest absolute Gasteiger partial charge is 0.276 e. The molecule has 32 heavy (non-hydrogen) atoms. The van der Waals surface area contributed by atoms with Gasteiger partial charge in [-0.15, -0.1) is 0 Å². The summed E-state index contributed by atoms with van der Waals surface area (Å²) in [4.78, 5) is 12.7. The van der Waals surface area contributed by atoms with Gasteiger partial charge in [-0.3, -0.25) is 4.79 Å². The number of ether oxygens (including phenoxy) is 2. The van der Waals surface area contributed by atoms with Crippen LogP contribution in [0.15, 0.2) is 70.2 Å². The number of sulfonamides is 1. The Labute approximate surface area is 194 Å². The second-order valence-electron chi connectivity index (χ2n) is 6.96. The number of anilines is 1. The van der Waals surface area contributed by atoms with E-state index in [9.17, 15) is 13.2 Å². The summed E-state index contributed by atoms with van der Waals surface area (Å²) < 4.78 is 40.1. The van der Waals surface area contributed by atoms with E-state index in [-0.39, 0.29) is 17.3 Å². The quantitative estimate of drug-likeness (QED) is 0.513. The maximum atomic E-state index is 12.7. The van der Waals surface area contributed by atoms with E-state index in [2.05, 4.69) is 26.3 Å². The summed E-state index contributed by atoms with van der Waals surface area (Å²) in [7, 11) is -3.58. The summed E-state index contributed by atoms with van der Waals surface area (Å²) in [6, 6.07) is 15.0. The molecule has 0 radical (unpaired) electrons. The fraction of sp³-hybridized carbons (Fsp3) is 0.238. The molecular weight excluding hydrogens is 500 g/mol. The highest BCUT2D eigenvalue weighted by Gasteiger charge is 2.26. The SMILES string of the molecule is O=C(Nc1ccc(S(=O)(=O)N2CCOCC2)cc1)c1ccn(COc2ccc(Br)cc2)n1. The van der Waals surface area contributed by atoms with Gasteiger partial charge in [0.1, 0.15) is 5.75 Å². The van der Waals surface area contributed by atoms with Crippen molar-refractivity contribution in [2.24, 2.45) is 0 Å². The molecule has 0 saturated carbocycles. The minimum absolute atomic E-state index is 0.156. The van der Waals surface area contributed by atoms with Crippen molar-refractivity contribution in [3.63, 3.8) is 0 Å². The average Bonchev–Trinajstić information content (AvgIpc) is 3.29. The second-order valence-corrected chi connectivity index (χ2v) is 9.82. The first-order valence-electron chi connectivity index (χ1n) is 9.83. The molecule has 1 fully saturated rings. The molecule has 1 saturated heterocycles. The van der Waals surface area contributed by atoms with E-state index in [1.807, 2.05) is 24.3 Å². The van der Waals surface area contributed by atoms with Gasteiger partial charge in [-0.1, -0.05) is 15.9 Å². The number of carbonyl (C=O) groups is 1. The summed E-state index contributed by atoms with van der Waals surface area (Å²) in [5, 5.41) is 6.93. The molecule has 0 aliphatic carbocycles. The van der Waals surface area contributed by atoms with Crippen LogP contribution in [0.4, 0.5) is 5.69 Å². The average molecular weight is 521 g/mol. The zero-order valence-corrected chi connectivity index (χ0v) is 19.4. The van der Waals surface area contributed by atoms with Gasteiger partial charge in [0.2, 0.25) is 10.0 Å². The first-order valence-corrected chi connectivity index (χ1v) is 12.1. The van der Waals surface area contributed by atoms with Crippen LogP contribution in [-0.2, 0) is 21.5 Å². The Hall–Kier alpha value is -2.73. The van der Waals surface area contributed by atoms with Crippen LogP contribution in [0.2, 0.25) is 0 Å². The van der Waals surface area contributed by atoms with Gasteiger partial charge in [0.15, 0.2) is 12.4 Å². The highest BCUT2D eigenvalue weighted by atomic mass is 79.9. The van der Waals surface area contributed by atoms with Crippen molar-refractivity contribution in [3.05, 3.63) is 71.0 Å². The number of nitrogens with one attached hydrogen (secondary N) is 1. The summed E-state index contributed by atoms with van der Waals surface area (Å²) in [6.07, 6.45) is 1.64. The van der Waals surface area contributed by atoms with E-state index in [1.54, 1.807) is 24.4 Å². The van der Waals surface area contributed by atoms with E-state index in [0.29, 0.717) is 37.7 Å². The van der Waals surface area contributed by atoms with E-state index < -0.39 is 15.9 Å². The molecule has 1 amide bonds. The summed E-state index contributed by atoms with van der Waals surface area (Å²) in [5.41, 5.74) is 0.686. The number of morpholine rings is 1. The van der Waals surface area contributed by atoms with Crippen LogP contribution >= 0.6 is 15.9 Å². The summed E-state index contributed by atoms with van der Waals surface area (Å²) in [5.74, 6) is 0.276. The normalized spacial score (nSPS) is 14.8. The Bertz CT molecular complexity index is 1170. The van der Waals surface area contributed by atoms with Crippen LogP contribution < -0.4 is 10.1 Å². The highest BCUT2D eigenvalue weighted by Crippen LogP contribution is 2.20. The van der Waals surface area contributed by atoms with E-state index in [0.717, 1.165) is 4.47 Å². The van der Waals surface area contributed by atoms with Crippen LogP contribution in [-0.4, -0.2) is 54.7 Å². The Morgan fingerprint density at radius 3 is 2.44 bits per heavy atom. The lowest BCUT2D eigenvalue weighted by atomic mass is 10.3. The van der Waals surface area contributed by atoms with Crippen molar-refractivity contribution in [1.82, 2.24) is 14.1 Å². The van der Waals surface area contributed by atoms with Gasteiger partial charge in [-0.05, 0) is 54.6 Å². The van der Waals surface area contributed by atoms with Gasteiger partial charge in [0.05, 0.1) is 18.1 Å². The van der Waals surface area contributed by atoms with Crippen molar-refractivity contribution in [1.29, 1.82) is 0 Å². The zero-order valence-electron chi connectivity index (χ0n) is 17.0. The molecule has 168 valence electrons. The number of benzene rings is 2. The molecule has 11 heteroatoms. The minimum atomic E-state index is -3.58. The molecule has 2 heterocycles. The summed E-state index contributed by atoms with van der Waals surface area (Å²) in [6.45, 7) is 1.58. The van der Waals surface area contributed by atoms with Crippen LogP contribution in [0.5, 0.6) is 5.75 Å². The van der Waals surface area contributed by atoms with Gasteiger partial charge in [-0.2, -0.15) is 9.40 Å². The molecule has 1 N–H and O–H groups in total. The number of rotatable bonds is 7. The van der Waals surface area contributed by atoms with Crippen molar-refractivity contribution in [2.75, 3.05) is 31.6 Å². The first-order chi connectivity index (χ1) is 15.4. The molecule has 0 bridgehead atoms. The van der Waals surface area contributed by atoms with Crippen LogP contribution in [0.1, 0.15) is 10.5 Å². The fourth-order valence-corrected chi connectivity index (χ4v) is 4.74. The topological polar surface area (TPSA) is 103 Å².